The summed E-state index contributed by atoms with van der Waals surface area (Å²) in [5.41, 5.74) is 1.29. The highest BCUT2D eigenvalue weighted by Crippen LogP contribution is 2.12. The van der Waals surface area contributed by atoms with Crippen LogP contribution in [0.15, 0.2) is 24.3 Å². The quantitative estimate of drug-likeness (QED) is 0.492. The first-order valence-corrected chi connectivity index (χ1v) is 8.86. The molecule has 1 rings (SSSR count). The summed E-state index contributed by atoms with van der Waals surface area (Å²) in [6, 6.07) is 8.28. The van der Waals surface area contributed by atoms with Gasteiger partial charge in [0.15, 0.2) is 0 Å². The zero-order valence-corrected chi connectivity index (χ0v) is 17.2. The van der Waals surface area contributed by atoms with E-state index in [0.29, 0.717) is 0 Å². The number of rotatable bonds is 13. The number of ether oxygens (including phenoxy) is 1. The predicted molar refractivity (Wildman–Crippen MR) is 110 cm³/mol. The Morgan fingerprint density at radius 1 is 0.958 bits per heavy atom. The maximum atomic E-state index is 5.25. The number of benzene rings is 1. The van der Waals surface area contributed by atoms with Gasteiger partial charge in [-0.2, -0.15) is 0 Å². The molecule has 0 spiro atoms. The van der Waals surface area contributed by atoms with Gasteiger partial charge < -0.3 is 15.0 Å². The lowest BCUT2D eigenvalue weighted by Gasteiger charge is -2.22. The lowest BCUT2D eigenvalue weighted by molar-refractivity contribution is 0.261. The summed E-state index contributed by atoms with van der Waals surface area (Å²) in [7, 11) is 1.72. The van der Waals surface area contributed by atoms with Gasteiger partial charge in [-0.05, 0) is 63.1 Å². The van der Waals surface area contributed by atoms with Crippen LogP contribution >= 0.6 is 24.8 Å². The van der Waals surface area contributed by atoms with E-state index in [1.165, 1.54) is 57.3 Å². The predicted octanol–water partition coefficient (Wildman–Crippen LogP) is 4.92. The normalized spacial score (nSPS) is 10.2. The van der Waals surface area contributed by atoms with Crippen molar-refractivity contribution in [3.63, 3.8) is 0 Å². The Balaban J connectivity index is 0. The molecule has 0 aromatic heterocycles. The number of methoxy groups -OCH3 is 1. The minimum absolute atomic E-state index is 0. The molecule has 0 fully saturated rings. The Bertz CT molecular complexity index is 383. The summed E-state index contributed by atoms with van der Waals surface area (Å²) in [4.78, 5) is 2.63. The fraction of sp³-hybridized carbons (Fsp3) is 0.684. The first-order chi connectivity index (χ1) is 10.8. The Morgan fingerprint density at radius 3 is 2.17 bits per heavy atom. The molecule has 24 heavy (non-hydrogen) atoms. The number of nitrogens with one attached hydrogen (secondary N) is 1. The van der Waals surface area contributed by atoms with Crippen LogP contribution in [0.1, 0.15) is 51.5 Å². The molecule has 0 aliphatic heterocycles. The van der Waals surface area contributed by atoms with Gasteiger partial charge in [-0.3, -0.25) is 0 Å². The van der Waals surface area contributed by atoms with Crippen molar-refractivity contribution in [2.75, 3.05) is 33.3 Å². The number of hydrogen-bond donors (Lipinski definition) is 1. The van der Waals surface area contributed by atoms with Crippen molar-refractivity contribution in [3.8, 4) is 5.75 Å². The molecule has 0 bridgehead atoms. The van der Waals surface area contributed by atoms with E-state index < -0.39 is 0 Å². The largest absolute Gasteiger partial charge is 0.497 e. The third-order valence-corrected chi connectivity index (χ3v) is 3.95. The highest BCUT2D eigenvalue weighted by Gasteiger charge is 2.03. The van der Waals surface area contributed by atoms with Crippen molar-refractivity contribution in [2.45, 2.75) is 52.5 Å². The van der Waals surface area contributed by atoms with E-state index in [2.05, 4.69) is 36.2 Å². The molecular weight excluding hydrogens is 343 g/mol. The van der Waals surface area contributed by atoms with Gasteiger partial charge >= 0.3 is 0 Å². The van der Waals surface area contributed by atoms with Crippen molar-refractivity contribution >= 4 is 24.8 Å². The monoisotopic (exact) mass is 378 g/mol. The highest BCUT2D eigenvalue weighted by molar-refractivity contribution is 5.85. The topological polar surface area (TPSA) is 24.5 Å². The third kappa shape index (κ3) is 12.0. The minimum atomic E-state index is 0. The smallest absolute Gasteiger partial charge is 0.119 e. The molecule has 0 heterocycles. The molecule has 0 radical (unpaired) electrons. The van der Waals surface area contributed by atoms with E-state index in [0.717, 1.165) is 18.8 Å². The molecule has 142 valence electrons. The summed E-state index contributed by atoms with van der Waals surface area (Å²) in [6.45, 7) is 10.3. The summed E-state index contributed by atoms with van der Waals surface area (Å²) in [6.07, 6.45) is 6.44. The van der Waals surface area contributed by atoms with Crippen LogP contribution in [0.3, 0.4) is 0 Å². The van der Waals surface area contributed by atoms with Gasteiger partial charge in [0.05, 0.1) is 7.11 Å². The van der Waals surface area contributed by atoms with Crippen molar-refractivity contribution in [1.29, 1.82) is 0 Å². The van der Waals surface area contributed by atoms with Crippen LogP contribution in [-0.4, -0.2) is 38.2 Å². The second kappa shape index (κ2) is 17.3. The lowest BCUT2D eigenvalue weighted by Crippen LogP contribution is -2.29. The lowest BCUT2D eigenvalue weighted by atomic mass is 10.2. The summed E-state index contributed by atoms with van der Waals surface area (Å²) >= 11 is 0. The fourth-order valence-electron chi connectivity index (χ4n) is 2.54. The van der Waals surface area contributed by atoms with E-state index in [1.807, 2.05) is 12.1 Å². The molecule has 3 nitrogen and oxygen atoms in total. The maximum absolute atomic E-state index is 5.25. The first kappa shape index (κ1) is 25.8. The van der Waals surface area contributed by atoms with Gasteiger partial charge in [0, 0.05) is 6.54 Å². The van der Waals surface area contributed by atoms with Crippen molar-refractivity contribution < 1.29 is 4.74 Å². The van der Waals surface area contributed by atoms with Gasteiger partial charge in [0.1, 0.15) is 5.75 Å². The zero-order chi connectivity index (χ0) is 16.0. The number of hydrogen-bond acceptors (Lipinski definition) is 3. The maximum Gasteiger partial charge on any atom is 0.119 e. The molecule has 0 aliphatic carbocycles. The average molecular weight is 379 g/mol. The van der Waals surface area contributed by atoms with Crippen LogP contribution in [-0.2, 0) is 6.54 Å². The molecule has 0 saturated carbocycles. The van der Waals surface area contributed by atoms with Crippen LogP contribution in [0.2, 0.25) is 0 Å². The second-order valence-corrected chi connectivity index (χ2v) is 5.93. The third-order valence-electron chi connectivity index (χ3n) is 3.95. The van der Waals surface area contributed by atoms with E-state index >= 15 is 0 Å². The molecule has 0 amide bonds. The molecule has 1 aromatic carbocycles. The van der Waals surface area contributed by atoms with Crippen LogP contribution in [0.5, 0.6) is 5.75 Å². The molecule has 0 atom stereocenters. The molecule has 5 heteroatoms. The Kier molecular flexibility index (Phi) is 18.6. The van der Waals surface area contributed by atoms with Crippen LogP contribution < -0.4 is 10.1 Å². The minimum Gasteiger partial charge on any atom is -0.497 e. The molecular formula is C19H36Cl2N2O. The summed E-state index contributed by atoms with van der Waals surface area (Å²) in [5, 5.41) is 3.54. The summed E-state index contributed by atoms with van der Waals surface area (Å²) < 4.78 is 5.25. The average Bonchev–Trinajstić information content (AvgIpc) is 2.56. The van der Waals surface area contributed by atoms with Crippen molar-refractivity contribution in [3.05, 3.63) is 29.8 Å². The molecule has 0 saturated heterocycles. The Morgan fingerprint density at radius 2 is 1.58 bits per heavy atom. The standard InChI is InChI=1S/C19H34N2O.2ClH/c1-4-6-13-21(14-7-5-2)15-9-12-20-17-18-10-8-11-19(16-18)22-3;;/h8,10-11,16,20H,4-7,9,12-15,17H2,1-3H3;2*1H. The van der Waals surface area contributed by atoms with E-state index in [4.69, 9.17) is 4.74 Å². The van der Waals surface area contributed by atoms with Crippen LogP contribution in [0.4, 0.5) is 0 Å². The van der Waals surface area contributed by atoms with Gasteiger partial charge in [-0.1, -0.05) is 38.8 Å². The molecule has 1 aromatic rings. The SMILES string of the molecule is CCCCN(CCCC)CCCNCc1cccc(OC)c1.Cl.Cl. The van der Waals surface area contributed by atoms with Crippen molar-refractivity contribution in [1.82, 2.24) is 10.2 Å². The molecule has 0 aliphatic rings. The number of unbranched alkanes of at least 4 members (excludes halogenated alkanes) is 2. The van der Waals surface area contributed by atoms with E-state index in [-0.39, 0.29) is 24.8 Å². The fourth-order valence-corrected chi connectivity index (χ4v) is 2.54. The van der Waals surface area contributed by atoms with E-state index in [1.54, 1.807) is 7.11 Å². The van der Waals surface area contributed by atoms with E-state index in [9.17, 15) is 0 Å². The van der Waals surface area contributed by atoms with Crippen LogP contribution in [0.25, 0.3) is 0 Å². The first-order valence-electron chi connectivity index (χ1n) is 8.86. The Hall–Kier alpha value is -0.480. The number of nitrogens with zero attached hydrogens (tertiary/aromatic N) is 1. The summed E-state index contributed by atoms with van der Waals surface area (Å²) in [5.74, 6) is 0.935. The molecule has 0 unspecified atom stereocenters. The second-order valence-electron chi connectivity index (χ2n) is 5.93. The number of halogens is 2. The zero-order valence-electron chi connectivity index (χ0n) is 15.6. The van der Waals surface area contributed by atoms with Crippen LogP contribution in [0, 0.1) is 0 Å². The van der Waals surface area contributed by atoms with Crippen molar-refractivity contribution in [2.24, 2.45) is 0 Å². The van der Waals surface area contributed by atoms with Gasteiger partial charge in [-0.15, -0.1) is 24.8 Å². The molecule has 1 N–H and O–H groups in total. The van der Waals surface area contributed by atoms with Gasteiger partial charge in [0.25, 0.3) is 0 Å². The van der Waals surface area contributed by atoms with Gasteiger partial charge in [0.2, 0.25) is 0 Å². The highest BCUT2D eigenvalue weighted by atomic mass is 35.5. The Labute approximate surface area is 161 Å². The van der Waals surface area contributed by atoms with Gasteiger partial charge in [-0.25, -0.2) is 0 Å².